The second kappa shape index (κ2) is 6.52. The Morgan fingerprint density at radius 3 is 2.00 bits per heavy atom. The molecule has 1 aromatic heterocycles. The predicted octanol–water partition coefficient (Wildman–Crippen LogP) is 4.33. The Morgan fingerprint density at radius 1 is 1.00 bits per heavy atom. The molecular weight excluding hydrogens is 320 g/mol. The highest BCUT2D eigenvalue weighted by atomic mass is 16.6. The van der Waals surface area contributed by atoms with Gasteiger partial charge >= 0.3 is 11.7 Å². The van der Waals surface area contributed by atoms with Gasteiger partial charge in [-0.1, -0.05) is 60.7 Å². The number of hydrogen-bond donors (Lipinski definition) is 1. The topological polar surface area (TPSA) is 93.3 Å². The molecule has 0 spiro atoms. The van der Waals surface area contributed by atoms with Gasteiger partial charge in [0.2, 0.25) is 0 Å². The summed E-state index contributed by atoms with van der Waals surface area (Å²) in [6.45, 7) is 1.55. The number of carboxylic acids is 1. The predicted molar refractivity (Wildman–Crippen MR) is 93.5 cm³/mol. The van der Waals surface area contributed by atoms with Crippen LogP contribution in [-0.4, -0.2) is 21.0 Å². The van der Waals surface area contributed by atoms with E-state index in [1.54, 1.807) is 67.6 Å². The molecule has 3 aromatic rings. The van der Waals surface area contributed by atoms with Crippen LogP contribution in [0.15, 0.2) is 60.7 Å². The van der Waals surface area contributed by atoms with E-state index in [0.29, 0.717) is 11.1 Å². The summed E-state index contributed by atoms with van der Waals surface area (Å²) >= 11 is 0. The van der Waals surface area contributed by atoms with Crippen LogP contribution in [0, 0.1) is 17.0 Å². The van der Waals surface area contributed by atoms with Gasteiger partial charge in [0.05, 0.1) is 21.7 Å². The minimum Gasteiger partial charge on any atom is -0.478 e. The van der Waals surface area contributed by atoms with Crippen molar-refractivity contribution < 1.29 is 14.8 Å². The first-order valence-electron chi connectivity index (χ1n) is 7.54. The van der Waals surface area contributed by atoms with Crippen LogP contribution in [0.3, 0.4) is 0 Å². The molecule has 1 N–H and O–H groups in total. The Morgan fingerprint density at radius 2 is 1.52 bits per heavy atom. The van der Waals surface area contributed by atoms with Crippen LogP contribution in [0.4, 0.5) is 5.69 Å². The monoisotopic (exact) mass is 334 g/mol. The van der Waals surface area contributed by atoms with Gasteiger partial charge in [-0.25, -0.2) is 9.78 Å². The number of nitro groups is 1. The fourth-order valence-electron chi connectivity index (χ4n) is 2.82. The maximum Gasteiger partial charge on any atom is 0.338 e. The van der Waals surface area contributed by atoms with Gasteiger partial charge in [0.1, 0.15) is 5.69 Å². The standard InChI is InChI=1S/C19H14N2O4/c1-12-15(19(22)23)16(13-8-4-2-5-9-13)18(21(24)25)17(20-12)14-10-6-3-7-11-14/h2-11H,1H3,(H,22,23). The summed E-state index contributed by atoms with van der Waals surface area (Å²) in [5.41, 5.74) is 1.03. The van der Waals surface area contributed by atoms with Gasteiger partial charge in [-0.3, -0.25) is 10.1 Å². The number of aryl methyl sites for hydroxylation is 1. The van der Waals surface area contributed by atoms with Crippen LogP contribution in [-0.2, 0) is 0 Å². The zero-order valence-electron chi connectivity index (χ0n) is 13.3. The number of carbonyl (C=O) groups is 1. The third kappa shape index (κ3) is 2.97. The molecule has 6 heteroatoms. The molecule has 124 valence electrons. The maximum absolute atomic E-state index is 11.8. The Labute approximate surface area is 143 Å². The quantitative estimate of drug-likeness (QED) is 0.566. The molecule has 0 aliphatic heterocycles. The van der Waals surface area contributed by atoms with Gasteiger partial charge in [0.25, 0.3) is 0 Å². The normalized spacial score (nSPS) is 10.4. The Balaban J connectivity index is 2.47. The van der Waals surface area contributed by atoms with Crippen LogP contribution < -0.4 is 0 Å². The first-order valence-corrected chi connectivity index (χ1v) is 7.54. The summed E-state index contributed by atoms with van der Waals surface area (Å²) in [4.78, 5) is 27.3. The molecule has 1 heterocycles. The number of pyridine rings is 1. The molecule has 0 radical (unpaired) electrons. The van der Waals surface area contributed by atoms with E-state index in [2.05, 4.69) is 4.98 Å². The summed E-state index contributed by atoms with van der Waals surface area (Å²) < 4.78 is 0. The fourth-order valence-corrected chi connectivity index (χ4v) is 2.82. The zero-order chi connectivity index (χ0) is 18.0. The molecule has 0 fully saturated rings. The molecule has 3 rings (SSSR count). The molecule has 25 heavy (non-hydrogen) atoms. The van der Waals surface area contributed by atoms with Crippen LogP contribution in [0.5, 0.6) is 0 Å². The number of nitrogens with zero attached hydrogens (tertiary/aromatic N) is 2. The lowest BCUT2D eigenvalue weighted by atomic mass is 9.94. The Bertz CT molecular complexity index is 954. The average Bonchev–Trinajstić information content (AvgIpc) is 2.61. The van der Waals surface area contributed by atoms with Crippen molar-refractivity contribution in [2.75, 3.05) is 0 Å². The molecule has 0 aliphatic rings. The van der Waals surface area contributed by atoms with Crippen molar-refractivity contribution in [3.63, 3.8) is 0 Å². The summed E-state index contributed by atoms with van der Waals surface area (Å²) in [7, 11) is 0. The van der Waals surface area contributed by atoms with Gasteiger partial charge in [0.15, 0.2) is 0 Å². The zero-order valence-corrected chi connectivity index (χ0v) is 13.3. The number of aromatic nitrogens is 1. The molecule has 0 saturated heterocycles. The van der Waals surface area contributed by atoms with Gasteiger partial charge in [-0.15, -0.1) is 0 Å². The molecule has 0 atom stereocenters. The SMILES string of the molecule is Cc1nc(-c2ccccc2)c([N+](=O)[O-])c(-c2ccccc2)c1C(=O)O. The number of rotatable bonds is 4. The van der Waals surface area contributed by atoms with Gasteiger partial charge in [-0.05, 0) is 12.5 Å². The maximum atomic E-state index is 11.8. The molecule has 0 aliphatic carbocycles. The van der Waals surface area contributed by atoms with E-state index in [0.717, 1.165) is 0 Å². The number of aromatic carboxylic acids is 1. The van der Waals surface area contributed by atoms with Crippen molar-refractivity contribution in [3.05, 3.63) is 82.0 Å². The van der Waals surface area contributed by atoms with Crippen LogP contribution in [0.1, 0.15) is 16.1 Å². The van der Waals surface area contributed by atoms with Gasteiger partial charge in [0, 0.05) is 5.56 Å². The van der Waals surface area contributed by atoms with E-state index in [4.69, 9.17) is 0 Å². The van der Waals surface area contributed by atoms with Crippen molar-refractivity contribution in [3.8, 4) is 22.4 Å². The van der Waals surface area contributed by atoms with E-state index in [-0.39, 0.29) is 28.2 Å². The van der Waals surface area contributed by atoms with Gasteiger partial charge < -0.3 is 5.11 Å². The summed E-state index contributed by atoms with van der Waals surface area (Å²) in [5.74, 6) is -1.24. The minimum absolute atomic E-state index is 0.0736. The van der Waals surface area contributed by atoms with Gasteiger partial charge in [-0.2, -0.15) is 0 Å². The van der Waals surface area contributed by atoms with E-state index in [1.807, 2.05) is 0 Å². The lowest BCUT2D eigenvalue weighted by Gasteiger charge is -2.13. The van der Waals surface area contributed by atoms with Crippen molar-refractivity contribution in [2.24, 2.45) is 0 Å². The molecule has 2 aromatic carbocycles. The van der Waals surface area contributed by atoms with Crippen LogP contribution in [0.2, 0.25) is 0 Å². The number of hydrogen-bond acceptors (Lipinski definition) is 4. The lowest BCUT2D eigenvalue weighted by Crippen LogP contribution is -2.10. The molecule has 6 nitrogen and oxygen atoms in total. The smallest absolute Gasteiger partial charge is 0.338 e. The first kappa shape index (κ1) is 16.3. The third-order valence-corrected chi connectivity index (χ3v) is 3.86. The molecular formula is C19H14N2O4. The molecule has 0 saturated carbocycles. The highest BCUT2D eigenvalue weighted by Gasteiger charge is 2.31. The second-order valence-corrected chi connectivity index (χ2v) is 5.44. The molecule has 0 unspecified atom stereocenters. The number of carboxylic acid groups (broad SMARTS) is 1. The Hall–Kier alpha value is -3.54. The third-order valence-electron chi connectivity index (χ3n) is 3.86. The largest absolute Gasteiger partial charge is 0.478 e. The second-order valence-electron chi connectivity index (χ2n) is 5.44. The van der Waals surface area contributed by atoms with Crippen molar-refractivity contribution in [1.29, 1.82) is 0 Å². The van der Waals surface area contributed by atoms with E-state index < -0.39 is 10.9 Å². The first-order chi connectivity index (χ1) is 12.0. The highest BCUT2D eigenvalue weighted by Crippen LogP contribution is 2.40. The van der Waals surface area contributed by atoms with Crippen molar-refractivity contribution in [1.82, 2.24) is 4.98 Å². The summed E-state index contributed by atoms with van der Waals surface area (Å²) in [6.07, 6.45) is 0. The van der Waals surface area contributed by atoms with E-state index in [9.17, 15) is 20.0 Å². The Kier molecular flexibility index (Phi) is 4.26. The van der Waals surface area contributed by atoms with Crippen molar-refractivity contribution in [2.45, 2.75) is 6.92 Å². The number of benzene rings is 2. The van der Waals surface area contributed by atoms with Crippen LogP contribution >= 0.6 is 0 Å². The van der Waals surface area contributed by atoms with E-state index >= 15 is 0 Å². The fraction of sp³-hybridized carbons (Fsp3) is 0.0526. The minimum atomic E-state index is -1.24. The highest BCUT2D eigenvalue weighted by molar-refractivity contribution is 6.02. The molecule has 0 bridgehead atoms. The lowest BCUT2D eigenvalue weighted by molar-refractivity contribution is -0.383. The molecule has 0 amide bonds. The van der Waals surface area contributed by atoms with Crippen LogP contribution in [0.25, 0.3) is 22.4 Å². The average molecular weight is 334 g/mol. The van der Waals surface area contributed by atoms with Crippen molar-refractivity contribution >= 4 is 11.7 Å². The van der Waals surface area contributed by atoms with E-state index in [1.165, 1.54) is 0 Å². The summed E-state index contributed by atoms with van der Waals surface area (Å²) in [6, 6.07) is 17.2. The summed E-state index contributed by atoms with van der Waals surface area (Å²) in [5, 5.41) is 21.5.